The molecular formula is C19H23ClN2O. The molecule has 0 fully saturated rings. The van der Waals surface area contributed by atoms with Crippen molar-refractivity contribution in [1.29, 1.82) is 0 Å². The molecule has 0 aromatic heterocycles. The Hall–Kier alpha value is -1.84. The number of hydrogen-bond acceptors (Lipinski definition) is 2. The van der Waals surface area contributed by atoms with Crippen molar-refractivity contribution in [2.75, 3.05) is 13.1 Å². The number of benzene rings is 2. The smallest absolute Gasteiger partial charge is 0.251 e. The van der Waals surface area contributed by atoms with E-state index in [-0.39, 0.29) is 5.91 Å². The minimum Gasteiger partial charge on any atom is -0.348 e. The lowest BCUT2D eigenvalue weighted by molar-refractivity contribution is 0.0951. The maximum Gasteiger partial charge on any atom is 0.251 e. The summed E-state index contributed by atoms with van der Waals surface area (Å²) in [4.78, 5) is 14.6. The monoisotopic (exact) mass is 330 g/mol. The van der Waals surface area contributed by atoms with Crippen molar-refractivity contribution < 1.29 is 4.79 Å². The van der Waals surface area contributed by atoms with E-state index in [1.54, 1.807) is 0 Å². The Bertz CT molecular complexity index is 636. The zero-order valence-electron chi connectivity index (χ0n) is 13.7. The molecule has 0 aliphatic rings. The summed E-state index contributed by atoms with van der Waals surface area (Å²) in [5.74, 6) is -0.0840. The second-order valence-corrected chi connectivity index (χ2v) is 5.84. The summed E-state index contributed by atoms with van der Waals surface area (Å²) in [7, 11) is 0. The lowest BCUT2D eigenvalue weighted by Gasteiger charge is -2.18. The van der Waals surface area contributed by atoms with Gasteiger partial charge in [-0.1, -0.05) is 55.8 Å². The lowest BCUT2D eigenvalue weighted by Crippen LogP contribution is -2.23. The predicted octanol–water partition coefficient (Wildman–Crippen LogP) is 4.11. The number of amides is 1. The van der Waals surface area contributed by atoms with Crippen LogP contribution in [-0.4, -0.2) is 23.9 Å². The SMILES string of the molecule is CCN(CC)Cc1ccc(C(=O)NCc2ccccc2Cl)cc1. The Labute approximate surface area is 143 Å². The Balaban J connectivity index is 1.94. The number of nitrogens with one attached hydrogen (secondary N) is 1. The van der Waals surface area contributed by atoms with E-state index in [1.807, 2.05) is 48.5 Å². The predicted molar refractivity (Wildman–Crippen MR) is 95.7 cm³/mol. The fraction of sp³-hybridized carbons (Fsp3) is 0.316. The van der Waals surface area contributed by atoms with Crippen LogP contribution in [0.2, 0.25) is 5.02 Å². The van der Waals surface area contributed by atoms with Gasteiger partial charge in [0.25, 0.3) is 5.91 Å². The molecule has 0 saturated heterocycles. The largest absolute Gasteiger partial charge is 0.348 e. The van der Waals surface area contributed by atoms with Crippen molar-refractivity contribution in [3.05, 3.63) is 70.2 Å². The van der Waals surface area contributed by atoms with Crippen LogP contribution in [0.3, 0.4) is 0 Å². The molecule has 0 aliphatic heterocycles. The van der Waals surface area contributed by atoms with E-state index in [0.717, 1.165) is 25.2 Å². The number of hydrogen-bond donors (Lipinski definition) is 1. The normalized spacial score (nSPS) is 10.8. The minimum absolute atomic E-state index is 0.0840. The summed E-state index contributed by atoms with van der Waals surface area (Å²) in [6.45, 7) is 7.70. The molecule has 2 aromatic rings. The molecule has 4 heteroatoms. The molecule has 23 heavy (non-hydrogen) atoms. The van der Waals surface area contributed by atoms with Gasteiger partial charge in [-0.15, -0.1) is 0 Å². The van der Waals surface area contributed by atoms with Crippen LogP contribution in [0.15, 0.2) is 48.5 Å². The number of nitrogens with zero attached hydrogens (tertiary/aromatic N) is 1. The van der Waals surface area contributed by atoms with Gasteiger partial charge in [-0.2, -0.15) is 0 Å². The van der Waals surface area contributed by atoms with Crippen LogP contribution in [0, 0.1) is 0 Å². The summed E-state index contributed by atoms with van der Waals surface area (Å²) in [5, 5.41) is 3.57. The molecule has 1 N–H and O–H groups in total. The molecule has 0 aliphatic carbocycles. The number of halogens is 1. The molecular weight excluding hydrogens is 308 g/mol. The fourth-order valence-corrected chi connectivity index (χ4v) is 2.59. The lowest BCUT2D eigenvalue weighted by atomic mass is 10.1. The molecule has 0 atom stereocenters. The number of carbonyl (C=O) groups is 1. The van der Waals surface area contributed by atoms with Crippen molar-refractivity contribution in [3.63, 3.8) is 0 Å². The summed E-state index contributed by atoms with van der Waals surface area (Å²) in [6, 6.07) is 15.3. The number of rotatable bonds is 7. The van der Waals surface area contributed by atoms with Gasteiger partial charge in [-0.3, -0.25) is 9.69 Å². The van der Waals surface area contributed by atoms with Crippen LogP contribution in [0.25, 0.3) is 0 Å². The average molecular weight is 331 g/mol. The van der Waals surface area contributed by atoms with Crippen molar-refractivity contribution in [1.82, 2.24) is 10.2 Å². The van der Waals surface area contributed by atoms with Crippen LogP contribution in [-0.2, 0) is 13.1 Å². The Morgan fingerprint density at radius 2 is 1.70 bits per heavy atom. The quantitative estimate of drug-likeness (QED) is 0.828. The maximum absolute atomic E-state index is 12.2. The van der Waals surface area contributed by atoms with E-state index in [9.17, 15) is 4.79 Å². The summed E-state index contributed by atoms with van der Waals surface area (Å²) in [5.41, 5.74) is 2.80. The Morgan fingerprint density at radius 1 is 1.04 bits per heavy atom. The molecule has 0 spiro atoms. The van der Waals surface area contributed by atoms with E-state index in [1.165, 1.54) is 5.56 Å². The average Bonchev–Trinajstić information content (AvgIpc) is 2.59. The molecule has 3 nitrogen and oxygen atoms in total. The third-order valence-electron chi connectivity index (χ3n) is 3.91. The summed E-state index contributed by atoms with van der Waals surface area (Å²) < 4.78 is 0. The first-order valence-corrected chi connectivity index (χ1v) is 8.34. The Kier molecular flexibility index (Phi) is 6.63. The van der Waals surface area contributed by atoms with Gasteiger partial charge in [-0.25, -0.2) is 0 Å². The van der Waals surface area contributed by atoms with Gasteiger partial charge < -0.3 is 5.32 Å². The summed E-state index contributed by atoms with van der Waals surface area (Å²) >= 11 is 6.09. The zero-order valence-corrected chi connectivity index (χ0v) is 14.4. The second kappa shape index (κ2) is 8.70. The molecule has 0 radical (unpaired) electrons. The van der Waals surface area contributed by atoms with Gasteiger partial charge in [-0.05, 0) is 42.4 Å². The van der Waals surface area contributed by atoms with Crippen molar-refractivity contribution in [2.45, 2.75) is 26.9 Å². The molecule has 2 aromatic carbocycles. The fourth-order valence-electron chi connectivity index (χ4n) is 2.39. The van der Waals surface area contributed by atoms with Crippen LogP contribution in [0.1, 0.15) is 35.3 Å². The molecule has 0 unspecified atom stereocenters. The molecule has 0 bridgehead atoms. The van der Waals surface area contributed by atoms with Crippen LogP contribution in [0.4, 0.5) is 0 Å². The molecule has 122 valence electrons. The van der Waals surface area contributed by atoms with Gasteiger partial charge >= 0.3 is 0 Å². The third kappa shape index (κ3) is 5.08. The highest BCUT2D eigenvalue weighted by Gasteiger charge is 2.07. The maximum atomic E-state index is 12.2. The molecule has 0 saturated carbocycles. The molecule has 2 rings (SSSR count). The van der Waals surface area contributed by atoms with Gasteiger partial charge in [0.15, 0.2) is 0 Å². The van der Waals surface area contributed by atoms with E-state index in [2.05, 4.69) is 24.1 Å². The minimum atomic E-state index is -0.0840. The van der Waals surface area contributed by atoms with Crippen molar-refractivity contribution in [2.24, 2.45) is 0 Å². The van der Waals surface area contributed by atoms with Crippen LogP contribution >= 0.6 is 11.6 Å². The van der Waals surface area contributed by atoms with Crippen molar-refractivity contribution in [3.8, 4) is 0 Å². The number of carbonyl (C=O) groups excluding carboxylic acids is 1. The van der Waals surface area contributed by atoms with E-state index < -0.39 is 0 Å². The second-order valence-electron chi connectivity index (χ2n) is 5.43. The highest BCUT2D eigenvalue weighted by atomic mass is 35.5. The van der Waals surface area contributed by atoms with Gasteiger partial charge in [0.1, 0.15) is 0 Å². The molecule has 1 amide bonds. The molecule has 0 heterocycles. The standard InChI is InChI=1S/C19H23ClN2O/c1-3-22(4-2)14-15-9-11-16(12-10-15)19(23)21-13-17-7-5-6-8-18(17)20/h5-12H,3-4,13-14H2,1-2H3,(H,21,23). The highest BCUT2D eigenvalue weighted by Crippen LogP contribution is 2.14. The van der Waals surface area contributed by atoms with Gasteiger partial charge in [0.2, 0.25) is 0 Å². The Morgan fingerprint density at radius 3 is 2.30 bits per heavy atom. The van der Waals surface area contributed by atoms with Crippen LogP contribution in [0.5, 0.6) is 0 Å². The topological polar surface area (TPSA) is 32.3 Å². The van der Waals surface area contributed by atoms with Crippen LogP contribution < -0.4 is 5.32 Å². The first-order chi connectivity index (χ1) is 11.1. The first kappa shape index (κ1) is 17.5. The highest BCUT2D eigenvalue weighted by molar-refractivity contribution is 6.31. The van der Waals surface area contributed by atoms with E-state index >= 15 is 0 Å². The zero-order chi connectivity index (χ0) is 16.7. The van der Waals surface area contributed by atoms with Gasteiger partial charge in [0, 0.05) is 23.7 Å². The third-order valence-corrected chi connectivity index (χ3v) is 4.28. The van der Waals surface area contributed by atoms with E-state index in [4.69, 9.17) is 11.6 Å². The first-order valence-electron chi connectivity index (χ1n) is 7.97. The van der Waals surface area contributed by atoms with E-state index in [0.29, 0.717) is 17.1 Å². The van der Waals surface area contributed by atoms with Gasteiger partial charge in [0.05, 0.1) is 0 Å². The summed E-state index contributed by atoms with van der Waals surface area (Å²) in [6.07, 6.45) is 0. The van der Waals surface area contributed by atoms with Crippen molar-refractivity contribution >= 4 is 17.5 Å².